The molecule has 1 atom stereocenters. The molecule has 0 aliphatic heterocycles. The van der Waals surface area contributed by atoms with Gasteiger partial charge < -0.3 is 4.74 Å². The van der Waals surface area contributed by atoms with E-state index in [9.17, 15) is 0 Å². The van der Waals surface area contributed by atoms with Crippen molar-refractivity contribution >= 4 is 0 Å². The van der Waals surface area contributed by atoms with Gasteiger partial charge in [-0.15, -0.1) is 0 Å². The lowest BCUT2D eigenvalue weighted by Gasteiger charge is -2.31. The average Bonchev–Trinajstić information content (AvgIpc) is 2.13. The van der Waals surface area contributed by atoms with Crippen LogP contribution in [0.15, 0.2) is 10.2 Å². The fourth-order valence-electron chi connectivity index (χ4n) is 1.20. The molecule has 0 amide bonds. The third kappa shape index (κ3) is 6.15. The van der Waals surface area contributed by atoms with E-state index in [1.54, 1.807) is 14.0 Å². The predicted octanol–water partition coefficient (Wildman–Crippen LogP) is 3.26. The Labute approximate surface area is 97.8 Å². The first-order valence-electron chi connectivity index (χ1n) is 5.35. The second-order valence-corrected chi connectivity index (χ2v) is 5.78. The third-order valence-electron chi connectivity index (χ3n) is 2.06. The minimum absolute atomic E-state index is 0.295. The first kappa shape index (κ1) is 15.5. The Balaban J connectivity index is 4.74. The van der Waals surface area contributed by atoms with Gasteiger partial charge in [0.05, 0.1) is 11.1 Å². The topological polar surface area (TPSA) is 63.4 Å². The Morgan fingerprint density at radius 2 is 1.50 bits per heavy atom. The zero-order valence-electron chi connectivity index (χ0n) is 11.4. The number of ether oxygens (including phenoxy) is 1. The summed E-state index contributed by atoms with van der Waals surface area (Å²) in [4.78, 5) is 4.43. The van der Waals surface area contributed by atoms with Gasteiger partial charge in [-0.3, -0.25) is 0 Å². The molecule has 0 fully saturated rings. The summed E-state index contributed by atoms with van der Waals surface area (Å²) in [6, 6.07) is 0. The van der Waals surface area contributed by atoms with Crippen molar-refractivity contribution in [3.8, 4) is 0 Å². The lowest BCUT2D eigenvalue weighted by atomic mass is 9.97. The van der Waals surface area contributed by atoms with Gasteiger partial charge in [0.2, 0.25) is 5.72 Å². The van der Waals surface area contributed by atoms with E-state index in [0.29, 0.717) is 6.42 Å². The number of methoxy groups -OCH3 is 1. The van der Waals surface area contributed by atoms with Crippen molar-refractivity contribution in [1.82, 2.24) is 0 Å². The number of azo groups is 1. The van der Waals surface area contributed by atoms with Crippen LogP contribution in [0.25, 0.3) is 0 Å². The van der Waals surface area contributed by atoms with Crippen molar-refractivity contribution in [2.24, 2.45) is 10.2 Å². The fourth-order valence-corrected chi connectivity index (χ4v) is 1.20. The van der Waals surface area contributed by atoms with Crippen molar-refractivity contribution in [3.63, 3.8) is 0 Å². The molecule has 1 unspecified atom stereocenters. The van der Waals surface area contributed by atoms with E-state index >= 15 is 0 Å². The molecule has 0 aliphatic carbocycles. The average molecular weight is 232 g/mol. The summed E-state index contributed by atoms with van der Waals surface area (Å²) in [5, 5.41) is 17.1. The van der Waals surface area contributed by atoms with E-state index in [1.165, 1.54) is 0 Å². The van der Waals surface area contributed by atoms with Crippen molar-refractivity contribution in [2.75, 3.05) is 7.11 Å². The Bertz CT molecular complexity index is 246. The normalized spacial score (nSPS) is 17.8. The highest BCUT2D eigenvalue weighted by molar-refractivity contribution is 4.82. The largest absolute Gasteiger partial charge is 0.379 e. The summed E-state index contributed by atoms with van der Waals surface area (Å²) < 4.78 is 5.27. The van der Waals surface area contributed by atoms with Crippen molar-refractivity contribution in [2.45, 2.75) is 64.8 Å². The van der Waals surface area contributed by atoms with Gasteiger partial charge in [0, 0.05) is 13.5 Å². The zero-order valence-corrected chi connectivity index (χ0v) is 11.4. The quantitative estimate of drug-likeness (QED) is 0.449. The van der Waals surface area contributed by atoms with Crippen LogP contribution in [-0.2, 0) is 9.62 Å². The van der Waals surface area contributed by atoms with Crippen LogP contribution in [0.5, 0.6) is 0 Å². The maximum atomic E-state index is 8.93. The van der Waals surface area contributed by atoms with Gasteiger partial charge in [0.1, 0.15) is 0 Å². The van der Waals surface area contributed by atoms with E-state index in [2.05, 4.69) is 15.1 Å². The number of nitrogens with zero attached hydrogens (tertiary/aromatic N) is 2. The molecule has 0 saturated carbocycles. The molecule has 96 valence electrons. The third-order valence-corrected chi connectivity index (χ3v) is 2.06. The van der Waals surface area contributed by atoms with Crippen LogP contribution in [0.1, 0.15) is 48.0 Å². The summed E-state index contributed by atoms with van der Waals surface area (Å²) in [5.74, 6) is 0. The fraction of sp³-hybridized carbons (Fsp3) is 1.00. The standard InChI is InChI=1S/C11H24N2O3/c1-9(2,3)12-13-11(6,16-14)8-10(4,5)15-7/h14H,8H2,1-7H3. The van der Waals surface area contributed by atoms with Crippen LogP contribution < -0.4 is 0 Å². The van der Waals surface area contributed by atoms with Gasteiger partial charge in [0.15, 0.2) is 0 Å². The van der Waals surface area contributed by atoms with Gasteiger partial charge in [-0.1, -0.05) is 0 Å². The van der Waals surface area contributed by atoms with E-state index in [-0.39, 0.29) is 5.54 Å². The lowest BCUT2D eigenvalue weighted by Crippen LogP contribution is -2.37. The second-order valence-electron chi connectivity index (χ2n) is 5.78. The highest BCUT2D eigenvalue weighted by Gasteiger charge is 2.34. The van der Waals surface area contributed by atoms with Gasteiger partial charge in [-0.2, -0.15) is 10.2 Å². The zero-order chi connectivity index (χ0) is 13.0. The Morgan fingerprint density at radius 3 is 1.81 bits per heavy atom. The molecule has 0 aromatic rings. The van der Waals surface area contributed by atoms with Gasteiger partial charge in [0.25, 0.3) is 0 Å². The molecule has 0 radical (unpaired) electrons. The summed E-state index contributed by atoms with van der Waals surface area (Å²) >= 11 is 0. The van der Waals surface area contributed by atoms with Gasteiger partial charge >= 0.3 is 0 Å². The smallest absolute Gasteiger partial charge is 0.212 e. The molecule has 0 aromatic carbocycles. The van der Waals surface area contributed by atoms with E-state index < -0.39 is 11.3 Å². The molecule has 0 aliphatic rings. The summed E-state index contributed by atoms with van der Waals surface area (Å²) in [6.07, 6.45) is 0.409. The maximum Gasteiger partial charge on any atom is 0.212 e. The predicted molar refractivity (Wildman–Crippen MR) is 62.4 cm³/mol. The molecular formula is C11H24N2O3. The number of hydrogen-bond donors (Lipinski definition) is 1. The van der Waals surface area contributed by atoms with E-state index in [0.717, 1.165) is 0 Å². The summed E-state index contributed by atoms with van der Waals surface area (Å²) in [7, 11) is 1.61. The molecule has 16 heavy (non-hydrogen) atoms. The van der Waals surface area contributed by atoms with Gasteiger partial charge in [-0.05, 0) is 41.5 Å². The van der Waals surface area contributed by atoms with Crippen LogP contribution in [0.3, 0.4) is 0 Å². The number of hydrogen-bond acceptors (Lipinski definition) is 5. The number of rotatable bonds is 5. The van der Waals surface area contributed by atoms with E-state index in [4.69, 9.17) is 9.99 Å². The minimum Gasteiger partial charge on any atom is -0.379 e. The van der Waals surface area contributed by atoms with Crippen LogP contribution in [0.4, 0.5) is 0 Å². The monoisotopic (exact) mass is 232 g/mol. The first-order valence-corrected chi connectivity index (χ1v) is 5.35. The lowest BCUT2D eigenvalue weighted by molar-refractivity contribution is -0.326. The molecule has 0 rings (SSSR count). The molecular weight excluding hydrogens is 208 g/mol. The van der Waals surface area contributed by atoms with Gasteiger partial charge in [-0.25, -0.2) is 10.1 Å². The Hall–Kier alpha value is -0.520. The molecule has 5 nitrogen and oxygen atoms in total. The van der Waals surface area contributed by atoms with Crippen LogP contribution in [0.2, 0.25) is 0 Å². The van der Waals surface area contributed by atoms with Crippen molar-refractivity contribution in [3.05, 3.63) is 0 Å². The Morgan fingerprint density at radius 1 is 1.00 bits per heavy atom. The molecule has 5 heteroatoms. The summed E-state index contributed by atoms with van der Waals surface area (Å²) in [6.45, 7) is 11.2. The second kappa shape index (κ2) is 5.21. The molecule has 0 bridgehead atoms. The highest BCUT2D eigenvalue weighted by atomic mass is 17.1. The van der Waals surface area contributed by atoms with Crippen molar-refractivity contribution < 1.29 is 14.9 Å². The van der Waals surface area contributed by atoms with Crippen molar-refractivity contribution in [1.29, 1.82) is 0 Å². The molecule has 0 aromatic heterocycles. The minimum atomic E-state index is -1.08. The maximum absolute atomic E-state index is 8.93. The van der Waals surface area contributed by atoms with E-state index in [1.807, 2.05) is 34.6 Å². The van der Waals surface area contributed by atoms with Crippen LogP contribution in [0, 0.1) is 0 Å². The highest BCUT2D eigenvalue weighted by Crippen LogP contribution is 2.28. The SMILES string of the molecule is COC(C)(C)CC(C)(N=NC(C)(C)C)OO. The molecule has 0 spiro atoms. The van der Waals surface area contributed by atoms with Crippen LogP contribution >= 0.6 is 0 Å². The summed E-state index contributed by atoms with van der Waals surface area (Å²) in [5.41, 5.74) is -1.81. The molecule has 1 N–H and O–H groups in total. The first-order chi connectivity index (χ1) is 7.04. The molecule has 0 heterocycles. The molecule has 0 saturated heterocycles. The Kier molecular flexibility index (Phi) is 5.04. The van der Waals surface area contributed by atoms with Crippen LogP contribution in [-0.4, -0.2) is 29.2 Å².